The van der Waals surface area contributed by atoms with Crippen LogP contribution in [0.2, 0.25) is 0 Å². The Hall–Kier alpha value is -7.72. The first-order valence-electron chi connectivity index (χ1n) is 22.2. The van der Waals surface area contributed by atoms with Gasteiger partial charge in [0.1, 0.15) is 22.7 Å². The first kappa shape index (κ1) is 40.4. The third kappa shape index (κ3) is 7.61. The van der Waals surface area contributed by atoms with Crippen molar-refractivity contribution < 1.29 is 4.79 Å². The smallest absolute Gasteiger partial charge is 0.320 e. The van der Waals surface area contributed by atoms with Gasteiger partial charge in [0.05, 0.1) is 6.54 Å². The highest BCUT2D eigenvalue weighted by Crippen LogP contribution is 2.43. The van der Waals surface area contributed by atoms with Crippen molar-refractivity contribution in [3.05, 3.63) is 216 Å². The van der Waals surface area contributed by atoms with Crippen molar-refractivity contribution in [3.63, 3.8) is 0 Å². The van der Waals surface area contributed by atoms with Crippen molar-refractivity contribution >= 4 is 23.0 Å². The Morgan fingerprint density at radius 2 is 1.19 bits per heavy atom. The number of fused-ring (bicyclic) bond motifs is 1. The molecule has 0 aliphatic carbocycles. The normalized spacial score (nSPS) is 13.2. The minimum Gasteiger partial charge on any atom is -0.320 e. The van der Waals surface area contributed by atoms with E-state index in [2.05, 4.69) is 144 Å². The van der Waals surface area contributed by atoms with Gasteiger partial charge in [-0.1, -0.05) is 183 Å². The van der Waals surface area contributed by atoms with E-state index in [4.69, 9.17) is 20.3 Å². The maximum Gasteiger partial charge on any atom is 0.325 e. The quantitative estimate of drug-likeness (QED) is 0.101. The number of aromatic nitrogens is 7. The van der Waals surface area contributed by atoms with E-state index in [9.17, 15) is 4.79 Å². The molecule has 3 aromatic heterocycles. The van der Waals surface area contributed by atoms with Crippen LogP contribution >= 0.6 is 0 Å². The number of hydrogen-bond donors (Lipinski definition) is 0. The molecule has 2 amide bonds. The Bertz CT molecular complexity index is 2890. The molecule has 1 saturated heterocycles. The third-order valence-electron chi connectivity index (χ3n) is 12.3. The Morgan fingerprint density at radius 3 is 1.83 bits per heavy atom. The van der Waals surface area contributed by atoms with Gasteiger partial charge in [0.2, 0.25) is 0 Å². The number of anilines is 1. The monoisotopic (exact) mass is 839 g/mol. The molecule has 1 aliphatic heterocycles. The molecular weight excluding hydrogens is 791 g/mol. The maximum atomic E-state index is 13.9. The average Bonchev–Trinajstić information content (AvgIpc) is 3.98. The van der Waals surface area contributed by atoms with Crippen molar-refractivity contribution in [1.82, 2.24) is 39.6 Å². The van der Waals surface area contributed by atoms with Gasteiger partial charge < -0.3 is 9.47 Å². The van der Waals surface area contributed by atoms with Gasteiger partial charge in [0.25, 0.3) is 0 Å². The molecule has 64 heavy (non-hydrogen) atoms. The predicted molar refractivity (Wildman–Crippen MR) is 253 cm³/mol. The summed E-state index contributed by atoms with van der Waals surface area (Å²) in [5.41, 5.74) is 9.10. The molecule has 1 fully saturated rings. The van der Waals surface area contributed by atoms with Gasteiger partial charge in [-0.25, -0.2) is 19.4 Å². The van der Waals surface area contributed by atoms with Gasteiger partial charge in [0.15, 0.2) is 11.5 Å². The van der Waals surface area contributed by atoms with Crippen LogP contribution in [0.4, 0.5) is 10.6 Å². The Morgan fingerprint density at radius 1 is 0.594 bits per heavy atom. The minimum absolute atomic E-state index is 0.0185. The van der Waals surface area contributed by atoms with Crippen LogP contribution in [-0.4, -0.2) is 58.8 Å². The van der Waals surface area contributed by atoms with E-state index in [-0.39, 0.29) is 6.03 Å². The summed E-state index contributed by atoms with van der Waals surface area (Å²) in [7, 11) is 0. The molecule has 0 spiro atoms. The number of unbranched alkanes of at least 4 members (excludes halogenated alkanes) is 1. The van der Waals surface area contributed by atoms with Crippen LogP contribution in [-0.2, 0) is 25.0 Å². The molecule has 0 unspecified atom stereocenters. The largest absolute Gasteiger partial charge is 0.325 e. The van der Waals surface area contributed by atoms with Crippen molar-refractivity contribution in [2.45, 2.75) is 51.2 Å². The number of tetrazole rings is 1. The van der Waals surface area contributed by atoms with Crippen LogP contribution in [0, 0.1) is 0 Å². The number of benzene rings is 6. The van der Waals surface area contributed by atoms with E-state index in [1.54, 1.807) is 0 Å². The lowest BCUT2D eigenvalue weighted by atomic mass is 9.77. The Balaban J connectivity index is 0.995. The lowest BCUT2D eigenvalue weighted by Gasteiger charge is -2.36. The van der Waals surface area contributed by atoms with Gasteiger partial charge >= 0.3 is 6.03 Å². The van der Waals surface area contributed by atoms with E-state index in [0.29, 0.717) is 31.3 Å². The van der Waals surface area contributed by atoms with E-state index < -0.39 is 5.54 Å². The van der Waals surface area contributed by atoms with Gasteiger partial charge in [0, 0.05) is 31.6 Å². The zero-order valence-corrected chi connectivity index (χ0v) is 35.9. The molecule has 0 saturated carbocycles. The predicted octanol–water partition coefficient (Wildman–Crippen LogP) is 10.8. The molecule has 0 atom stereocenters. The Labute approximate surface area is 373 Å². The zero-order chi connectivity index (χ0) is 43.3. The number of urea groups is 1. The zero-order valence-electron chi connectivity index (χ0n) is 35.9. The van der Waals surface area contributed by atoms with Gasteiger partial charge in [-0.15, -0.1) is 5.10 Å². The molecule has 10 nitrogen and oxygen atoms in total. The van der Waals surface area contributed by atoms with Crippen LogP contribution < -0.4 is 4.90 Å². The lowest BCUT2D eigenvalue weighted by Crippen LogP contribution is -2.49. The van der Waals surface area contributed by atoms with Crippen molar-refractivity contribution in [1.29, 1.82) is 0 Å². The first-order valence-corrected chi connectivity index (χ1v) is 22.2. The highest BCUT2D eigenvalue weighted by atomic mass is 16.2. The van der Waals surface area contributed by atoms with Crippen LogP contribution in [0.25, 0.3) is 33.7 Å². The fourth-order valence-corrected chi connectivity index (χ4v) is 9.21. The highest BCUT2D eigenvalue weighted by Gasteiger charge is 2.42. The number of nitrogens with zero attached hydrogens (tertiary/aromatic N) is 9. The summed E-state index contributed by atoms with van der Waals surface area (Å²) in [5, 5.41) is 14.0. The number of imidazole rings is 1. The van der Waals surface area contributed by atoms with E-state index >= 15 is 0 Å². The molecule has 9 aromatic rings. The van der Waals surface area contributed by atoms with E-state index in [1.807, 2.05) is 69.1 Å². The van der Waals surface area contributed by atoms with Crippen LogP contribution in [0.1, 0.15) is 59.8 Å². The minimum atomic E-state index is -0.876. The van der Waals surface area contributed by atoms with Crippen molar-refractivity contribution in [2.24, 2.45) is 0 Å². The topological polar surface area (TPSA) is 97.9 Å². The van der Waals surface area contributed by atoms with Crippen LogP contribution in [0.3, 0.4) is 0 Å². The second-order valence-electron chi connectivity index (χ2n) is 16.4. The van der Waals surface area contributed by atoms with E-state index in [1.165, 1.54) is 0 Å². The number of aryl methyl sites for hydroxylation is 1. The SMILES string of the molecule is CCCCc1nc2ccc(N3CCCN(Cc4ccccc4)C3=O)nc2n1Cc1ccc(-c2ccccc2-c2nnnn2C(c2ccccc2)(c2ccccc2)c2ccccc2)cc1. The summed E-state index contributed by atoms with van der Waals surface area (Å²) in [6.07, 6.45) is 3.79. The summed E-state index contributed by atoms with van der Waals surface area (Å²) < 4.78 is 4.22. The lowest BCUT2D eigenvalue weighted by molar-refractivity contribution is 0.192. The number of carbonyl (C=O) groups is 1. The second-order valence-corrected chi connectivity index (χ2v) is 16.4. The highest BCUT2D eigenvalue weighted by molar-refractivity contribution is 5.93. The van der Waals surface area contributed by atoms with Crippen LogP contribution in [0.15, 0.2) is 182 Å². The summed E-state index contributed by atoms with van der Waals surface area (Å²) in [6.45, 7) is 4.71. The summed E-state index contributed by atoms with van der Waals surface area (Å²) >= 11 is 0. The number of pyridine rings is 1. The maximum absolute atomic E-state index is 13.9. The molecule has 0 N–H and O–H groups in total. The number of carbonyl (C=O) groups excluding carboxylic acids is 1. The molecule has 10 rings (SSSR count). The van der Waals surface area contributed by atoms with Crippen LogP contribution in [0.5, 0.6) is 0 Å². The fraction of sp³-hybridized carbons (Fsp3) is 0.185. The summed E-state index contributed by atoms with van der Waals surface area (Å²) in [4.78, 5) is 27.9. The van der Waals surface area contributed by atoms with Gasteiger partial charge in [-0.3, -0.25) is 4.90 Å². The number of rotatable bonds is 14. The number of amides is 2. The summed E-state index contributed by atoms with van der Waals surface area (Å²) in [5.74, 6) is 2.31. The van der Waals surface area contributed by atoms with Gasteiger partial charge in [-0.2, -0.15) is 0 Å². The Kier molecular flexibility index (Phi) is 11.3. The molecular formula is C54H49N9O. The average molecular weight is 840 g/mol. The molecule has 10 heteroatoms. The molecule has 4 heterocycles. The molecule has 316 valence electrons. The molecule has 0 bridgehead atoms. The van der Waals surface area contributed by atoms with Gasteiger partial charge in [-0.05, 0) is 74.3 Å². The first-order chi connectivity index (χ1) is 31.6. The second kappa shape index (κ2) is 17.9. The molecule has 1 aliphatic rings. The number of hydrogen-bond acceptors (Lipinski definition) is 6. The van der Waals surface area contributed by atoms with Crippen molar-refractivity contribution in [2.75, 3.05) is 18.0 Å². The molecule has 0 radical (unpaired) electrons. The molecule has 6 aromatic carbocycles. The summed E-state index contributed by atoms with van der Waals surface area (Å²) in [6, 6.07) is 62.6. The third-order valence-corrected chi connectivity index (χ3v) is 12.3. The standard InChI is InChI=1S/C54H49N9O/c1-2-3-29-49-55-48-34-35-50(61-37-18-36-60(53(61)64)38-40-19-8-4-9-20-40)56-52(48)62(49)39-41-30-32-42(33-31-41)46-27-16-17-28-47(46)51-57-58-59-63(51)54(43-21-10-5-11-22-43,44-23-12-6-13-24-44)45-25-14-7-15-26-45/h4-17,19-28,30-35H,2-3,18,29,36-39H2,1H3. The van der Waals surface area contributed by atoms with Crippen molar-refractivity contribution in [3.8, 4) is 22.5 Å². The fourth-order valence-electron chi connectivity index (χ4n) is 9.21. The van der Waals surface area contributed by atoms with E-state index in [0.717, 1.165) is 93.7 Å².